The number of aromatic nitrogens is 2. The second-order valence-electron chi connectivity index (χ2n) is 5.39. The molecule has 2 atom stereocenters. The molecule has 1 N–H and O–H groups in total. The van der Waals surface area contributed by atoms with Crippen molar-refractivity contribution in [2.45, 2.75) is 63.7 Å². The molecule has 1 saturated carbocycles. The highest BCUT2D eigenvalue weighted by molar-refractivity contribution is 5.06. The minimum Gasteiger partial charge on any atom is -0.390 e. The molecule has 1 aromatic heterocycles. The maximum atomic E-state index is 10.3. The summed E-state index contributed by atoms with van der Waals surface area (Å²) in [5, 5.41) is 14.8. The van der Waals surface area contributed by atoms with Gasteiger partial charge in [-0.1, -0.05) is 6.92 Å². The zero-order valence-corrected chi connectivity index (χ0v) is 11.6. The highest BCUT2D eigenvalue weighted by atomic mass is 16.5. The number of hydrogen-bond donors (Lipinski definition) is 1. The van der Waals surface area contributed by atoms with Gasteiger partial charge in [-0.3, -0.25) is 4.68 Å². The molecule has 0 bridgehead atoms. The molecule has 0 amide bonds. The predicted molar refractivity (Wildman–Crippen MR) is 70.5 cm³/mol. The van der Waals surface area contributed by atoms with Crippen LogP contribution < -0.4 is 0 Å². The zero-order valence-electron chi connectivity index (χ0n) is 11.6. The van der Waals surface area contributed by atoms with Crippen LogP contribution in [0.1, 0.15) is 51.3 Å². The van der Waals surface area contributed by atoms with Crippen LogP contribution in [0.2, 0.25) is 0 Å². The molecule has 0 aromatic carbocycles. The summed E-state index contributed by atoms with van der Waals surface area (Å²) in [5.74, 6) is 0. The maximum Gasteiger partial charge on any atom is 0.0940 e. The predicted octanol–water partition coefficient (Wildman–Crippen LogP) is 2.33. The molecule has 1 aromatic rings. The van der Waals surface area contributed by atoms with Gasteiger partial charge in [0.1, 0.15) is 0 Å². The fourth-order valence-corrected chi connectivity index (χ4v) is 2.50. The van der Waals surface area contributed by atoms with Crippen LogP contribution in [0.5, 0.6) is 0 Å². The van der Waals surface area contributed by atoms with Crippen molar-refractivity contribution >= 4 is 0 Å². The van der Waals surface area contributed by atoms with Gasteiger partial charge in [0.05, 0.1) is 17.4 Å². The summed E-state index contributed by atoms with van der Waals surface area (Å²) in [4.78, 5) is 0. The smallest absolute Gasteiger partial charge is 0.0940 e. The number of aliphatic hydroxyl groups excluding tert-OH is 1. The van der Waals surface area contributed by atoms with Crippen molar-refractivity contribution in [2.75, 3.05) is 7.11 Å². The van der Waals surface area contributed by atoms with Crippen LogP contribution in [0, 0.1) is 0 Å². The van der Waals surface area contributed by atoms with Gasteiger partial charge in [0, 0.05) is 25.8 Å². The van der Waals surface area contributed by atoms with Crippen LogP contribution in [-0.4, -0.2) is 33.7 Å². The van der Waals surface area contributed by atoms with E-state index in [9.17, 15) is 5.11 Å². The minimum atomic E-state index is -0.448. The van der Waals surface area contributed by atoms with Crippen LogP contribution in [0.25, 0.3) is 0 Å². The molecule has 18 heavy (non-hydrogen) atoms. The Hall–Kier alpha value is -0.870. The van der Waals surface area contributed by atoms with Crippen molar-refractivity contribution in [1.29, 1.82) is 0 Å². The maximum absolute atomic E-state index is 10.3. The van der Waals surface area contributed by atoms with E-state index in [-0.39, 0.29) is 5.60 Å². The van der Waals surface area contributed by atoms with Gasteiger partial charge in [0.2, 0.25) is 0 Å². The van der Waals surface area contributed by atoms with Gasteiger partial charge < -0.3 is 9.84 Å². The fraction of sp³-hybridized carbons (Fsp3) is 0.786. The van der Waals surface area contributed by atoms with E-state index < -0.39 is 6.10 Å². The van der Waals surface area contributed by atoms with E-state index >= 15 is 0 Å². The van der Waals surface area contributed by atoms with Gasteiger partial charge in [0.15, 0.2) is 0 Å². The van der Waals surface area contributed by atoms with E-state index in [2.05, 4.69) is 18.9 Å². The quantitative estimate of drug-likeness (QED) is 0.845. The Morgan fingerprint density at radius 2 is 2.28 bits per heavy atom. The molecule has 4 nitrogen and oxygen atoms in total. The average Bonchev–Trinajstić information content (AvgIpc) is 2.76. The summed E-state index contributed by atoms with van der Waals surface area (Å²) in [5.41, 5.74) is 0.631. The van der Waals surface area contributed by atoms with Crippen molar-refractivity contribution in [3.63, 3.8) is 0 Å². The number of nitrogens with zero attached hydrogens (tertiary/aromatic N) is 2. The SMILES string of the molecule is CCC(C)n1ccc(CC(O)C2(OC)CCC2)n1. The second kappa shape index (κ2) is 5.41. The van der Waals surface area contributed by atoms with Crippen molar-refractivity contribution < 1.29 is 9.84 Å². The van der Waals surface area contributed by atoms with E-state index in [1.54, 1.807) is 7.11 Å². The van der Waals surface area contributed by atoms with Gasteiger partial charge >= 0.3 is 0 Å². The standard InChI is InChI=1S/C14H24N2O2/c1-4-11(2)16-9-6-12(15-16)10-13(17)14(18-3)7-5-8-14/h6,9,11,13,17H,4-5,7-8,10H2,1-3H3. The third-order valence-corrected chi connectivity index (χ3v) is 4.32. The largest absolute Gasteiger partial charge is 0.390 e. The molecule has 0 aliphatic heterocycles. The second-order valence-corrected chi connectivity index (χ2v) is 5.39. The number of ether oxygens (including phenoxy) is 1. The molecule has 2 unspecified atom stereocenters. The molecule has 0 saturated heterocycles. The molecule has 1 aliphatic rings. The molecule has 1 aliphatic carbocycles. The molecule has 4 heteroatoms. The van der Waals surface area contributed by atoms with E-state index in [4.69, 9.17) is 4.74 Å². The van der Waals surface area contributed by atoms with Crippen LogP contribution >= 0.6 is 0 Å². The van der Waals surface area contributed by atoms with Crippen LogP contribution in [0.3, 0.4) is 0 Å². The topological polar surface area (TPSA) is 47.3 Å². The van der Waals surface area contributed by atoms with Crippen LogP contribution in [-0.2, 0) is 11.2 Å². The minimum absolute atomic E-state index is 0.319. The summed E-state index contributed by atoms with van der Waals surface area (Å²) in [7, 11) is 1.69. The first-order valence-corrected chi connectivity index (χ1v) is 6.88. The Labute approximate surface area is 109 Å². The first-order valence-electron chi connectivity index (χ1n) is 6.88. The lowest BCUT2D eigenvalue weighted by Crippen LogP contribution is -2.50. The lowest BCUT2D eigenvalue weighted by Gasteiger charge is -2.44. The van der Waals surface area contributed by atoms with Crippen LogP contribution in [0.15, 0.2) is 12.3 Å². The van der Waals surface area contributed by atoms with Gasteiger partial charge in [-0.05, 0) is 38.7 Å². The number of hydrogen-bond acceptors (Lipinski definition) is 3. The Kier molecular flexibility index (Phi) is 4.07. The first kappa shape index (κ1) is 13.6. The molecule has 1 fully saturated rings. The summed E-state index contributed by atoms with van der Waals surface area (Å²) < 4.78 is 7.47. The number of aliphatic hydroxyl groups is 1. The van der Waals surface area contributed by atoms with Crippen LogP contribution in [0.4, 0.5) is 0 Å². The van der Waals surface area contributed by atoms with Gasteiger partial charge in [-0.25, -0.2) is 0 Å². The molecule has 102 valence electrons. The average molecular weight is 252 g/mol. The van der Waals surface area contributed by atoms with Crippen molar-refractivity contribution in [3.05, 3.63) is 18.0 Å². The Bertz CT molecular complexity index is 379. The molecule has 0 spiro atoms. The Morgan fingerprint density at radius 3 is 2.78 bits per heavy atom. The van der Waals surface area contributed by atoms with Gasteiger partial charge in [-0.15, -0.1) is 0 Å². The summed E-state index contributed by atoms with van der Waals surface area (Å²) in [6, 6.07) is 2.41. The lowest BCUT2D eigenvalue weighted by molar-refractivity contribution is -0.148. The normalized spacial score (nSPS) is 21.3. The Morgan fingerprint density at radius 1 is 1.56 bits per heavy atom. The molecular formula is C14H24N2O2. The van der Waals surface area contributed by atoms with Crippen molar-refractivity contribution in [2.24, 2.45) is 0 Å². The van der Waals surface area contributed by atoms with E-state index in [1.165, 1.54) is 0 Å². The van der Waals surface area contributed by atoms with E-state index in [1.807, 2.05) is 16.9 Å². The molecular weight excluding hydrogens is 228 g/mol. The third kappa shape index (κ3) is 2.45. The van der Waals surface area contributed by atoms with Crippen molar-refractivity contribution in [3.8, 4) is 0 Å². The van der Waals surface area contributed by atoms with E-state index in [0.717, 1.165) is 31.4 Å². The van der Waals surface area contributed by atoms with Crippen molar-refractivity contribution in [1.82, 2.24) is 9.78 Å². The fourth-order valence-electron chi connectivity index (χ4n) is 2.50. The lowest BCUT2D eigenvalue weighted by atomic mass is 9.74. The Balaban J connectivity index is 1.99. The highest BCUT2D eigenvalue weighted by Gasteiger charge is 2.43. The molecule has 2 rings (SSSR count). The molecule has 1 heterocycles. The number of methoxy groups -OCH3 is 1. The third-order valence-electron chi connectivity index (χ3n) is 4.32. The summed E-state index contributed by atoms with van der Waals surface area (Å²) in [6.07, 6.45) is 6.25. The first-order chi connectivity index (χ1) is 8.61. The number of rotatable bonds is 6. The van der Waals surface area contributed by atoms with E-state index in [0.29, 0.717) is 12.5 Å². The van der Waals surface area contributed by atoms with Gasteiger partial charge in [0.25, 0.3) is 0 Å². The zero-order chi connectivity index (χ0) is 13.2. The summed E-state index contributed by atoms with van der Waals surface area (Å²) >= 11 is 0. The highest BCUT2D eigenvalue weighted by Crippen LogP contribution is 2.39. The summed E-state index contributed by atoms with van der Waals surface area (Å²) in [6.45, 7) is 4.30. The van der Waals surface area contributed by atoms with Gasteiger partial charge in [-0.2, -0.15) is 5.10 Å². The monoisotopic (exact) mass is 252 g/mol. The molecule has 0 radical (unpaired) electrons.